The van der Waals surface area contributed by atoms with E-state index in [4.69, 9.17) is 5.41 Å². The van der Waals surface area contributed by atoms with Gasteiger partial charge in [-0.25, -0.2) is 13.4 Å². The summed E-state index contributed by atoms with van der Waals surface area (Å²) in [5.74, 6) is 0.204. The predicted molar refractivity (Wildman–Crippen MR) is 97.1 cm³/mol. The van der Waals surface area contributed by atoms with Crippen molar-refractivity contribution in [3.05, 3.63) is 40.1 Å². The van der Waals surface area contributed by atoms with E-state index < -0.39 is 15.4 Å². The van der Waals surface area contributed by atoms with E-state index in [1.54, 1.807) is 0 Å². The molecule has 26 heavy (non-hydrogen) atoms. The Kier molecular flexibility index (Phi) is 3.65. The summed E-state index contributed by atoms with van der Waals surface area (Å²) in [5.41, 5.74) is -0.0391. The molecule has 3 N–H and O–H groups in total. The Bertz CT molecular complexity index is 1130. The smallest absolute Gasteiger partial charge is 0.259 e. The summed E-state index contributed by atoms with van der Waals surface area (Å²) in [5, 5.41) is 19.0. The maximum absolute atomic E-state index is 12.4. The Balaban J connectivity index is 1.83. The molecule has 1 saturated carbocycles. The highest BCUT2D eigenvalue weighted by Gasteiger charge is 2.36. The lowest BCUT2D eigenvalue weighted by atomic mass is 9.91. The number of aromatic nitrogens is 2. The Morgan fingerprint density at radius 2 is 2.08 bits per heavy atom. The molecule has 136 valence electrons. The number of sulfone groups is 1. The number of rotatable bonds is 3. The van der Waals surface area contributed by atoms with Gasteiger partial charge in [0.25, 0.3) is 5.56 Å². The fourth-order valence-corrected chi connectivity index (χ4v) is 3.97. The van der Waals surface area contributed by atoms with Crippen LogP contribution in [0.5, 0.6) is 0 Å². The molecule has 1 aromatic heterocycles. The number of nitrogens with one attached hydrogen (secondary N) is 2. The summed E-state index contributed by atoms with van der Waals surface area (Å²) >= 11 is 0. The van der Waals surface area contributed by atoms with E-state index in [1.807, 2.05) is 4.90 Å². The molecule has 0 saturated heterocycles. The first-order chi connectivity index (χ1) is 12.3. The maximum atomic E-state index is 12.4. The molecule has 2 heterocycles. The van der Waals surface area contributed by atoms with Gasteiger partial charge < -0.3 is 15.0 Å². The van der Waals surface area contributed by atoms with Crippen LogP contribution in [0.4, 0.5) is 0 Å². The van der Waals surface area contributed by atoms with Crippen LogP contribution in [0.25, 0.3) is 16.5 Å². The lowest BCUT2D eigenvalue weighted by Crippen LogP contribution is -2.41. The first-order valence-electron chi connectivity index (χ1n) is 8.28. The minimum absolute atomic E-state index is 0.0105. The Labute approximate surface area is 149 Å². The molecule has 1 aromatic carbocycles. The van der Waals surface area contributed by atoms with Crippen molar-refractivity contribution in [1.82, 2.24) is 14.9 Å². The molecule has 1 aliphatic carbocycles. The molecule has 0 amide bonds. The molecular formula is C17H18N4O4S. The van der Waals surface area contributed by atoms with Crippen LogP contribution in [0.1, 0.15) is 25.1 Å². The summed E-state index contributed by atoms with van der Waals surface area (Å²) in [6, 6.07) is 4.34. The number of benzene rings is 1. The first-order valence-corrected chi connectivity index (χ1v) is 10.2. The Morgan fingerprint density at radius 1 is 1.35 bits per heavy atom. The summed E-state index contributed by atoms with van der Waals surface area (Å²) in [6.45, 7) is 0.226. The molecule has 4 rings (SSSR count). The summed E-state index contributed by atoms with van der Waals surface area (Å²) in [6.07, 6.45) is 4.13. The quantitative estimate of drug-likeness (QED) is 0.746. The van der Waals surface area contributed by atoms with Crippen LogP contribution in [0.2, 0.25) is 0 Å². The van der Waals surface area contributed by atoms with Crippen LogP contribution in [-0.4, -0.2) is 53.1 Å². The Morgan fingerprint density at radius 3 is 2.69 bits per heavy atom. The number of hydrogen-bond acceptors (Lipinski definition) is 6. The molecule has 9 heteroatoms. The Hall–Kier alpha value is -2.68. The molecule has 0 atom stereocenters. The average Bonchev–Trinajstić information content (AvgIpc) is 2.79. The highest BCUT2D eigenvalue weighted by atomic mass is 32.2. The topological polar surface area (TPSA) is 127 Å². The van der Waals surface area contributed by atoms with E-state index in [9.17, 15) is 18.3 Å². The lowest BCUT2D eigenvalue weighted by Gasteiger charge is -2.36. The van der Waals surface area contributed by atoms with Gasteiger partial charge >= 0.3 is 0 Å². The minimum Gasteiger partial charge on any atom is -0.510 e. The van der Waals surface area contributed by atoms with Gasteiger partial charge in [0.1, 0.15) is 17.4 Å². The van der Waals surface area contributed by atoms with E-state index in [0.29, 0.717) is 0 Å². The van der Waals surface area contributed by atoms with E-state index in [1.165, 1.54) is 18.2 Å². The number of amidine groups is 1. The lowest BCUT2D eigenvalue weighted by molar-refractivity contribution is 0.209. The monoisotopic (exact) mass is 374 g/mol. The molecule has 1 fully saturated rings. The average molecular weight is 374 g/mol. The van der Waals surface area contributed by atoms with Gasteiger partial charge in [-0.05, 0) is 37.5 Å². The molecule has 0 radical (unpaired) electrons. The van der Waals surface area contributed by atoms with Crippen LogP contribution in [0.15, 0.2) is 33.6 Å². The minimum atomic E-state index is -3.44. The van der Waals surface area contributed by atoms with Gasteiger partial charge in [-0.15, -0.1) is 0 Å². The predicted octanol–water partition coefficient (Wildman–Crippen LogP) is 1.44. The maximum Gasteiger partial charge on any atom is 0.259 e. The van der Waals surface area contributed by atoms with Crippen LogP contribution < -0.4 is 5.56 Å². The highest BCUT2D eigenvalue weighted by molar-refractivity contribution is 7.90. The van der Waals surface area contributed by atoms with E-state index in [2.05, 4.69) is 9.97 Å². The summed E-state index contributed by atoms with van der Waals surface area (Å²) < 4.78 is 23.5. The molecule has 0 unspecified atom stereocenters. The molecular weight excluding hydrogens is 356 g/mol. The third-order valence-corrected chi connectivity index (χ3v) is 6.10. The molecule has 0 spiro atoms. The van der Waals surface area contributed by atoms with Gasteiger partial charge in [-0.2, -0.15) is 0 Å². The SMILES string of the molecule is CS(=O)(=O)c1ccc2c(=O)[nH]c(C3=C(O)CN(C4CCC4)C3=N)nc2c1. The number of hydrogen-bond donors (Lipinski definition) is 3. The van der Waals surface area contributed by atoms with Crippen molar-refractivity contribution in [2.75, 3.05) is 12.8 Å². The van der Waals surface area contributed by atoms with Crippen LogP contribution in [0, 0.1) is 5.41 Å². The number of fused-ring (bicyclic) bond motifs is 1. The number of aliphatic hydroxyl groups is 1. The third-order valence-electron chi connectivity index (χ3n) is 4.99. The van der Waals surface area contributed by atoms with Gasteiger partial charge in [0.05, 0.1) is 27.9 Å². The van der Waals surface area contributed by atoms with Gasteiger partial charge in [0.2, 0.25) is 0 Å². The molecule has 2 aromatic rings. The van der Waals surface area contributed by atoms with Crippen molar-refractivity contribution in [2.45, 2.75) is 30.2 Å². The van der Waals surface area contributed by atoms with Crippen LogP contribution in [-0.2, 0) is 9.84 Å². The first kappa shape index (κ1) is 16.8. The van der Waals surface area contributed by atoms with Crippen molar-refractivity contribution in [3.8, 4) is 0 Å². The second kappa shape index (κ2) is 5.66. The molecule has 1 aliphatic heterocycles. The van der Waals surface area contributed by atoms with Crippen molar-refractivity contribution in [1.29, 1.82) is 5.41 Å². The summed E-state index contributed by atoms with van der Waals surface area (Å²) in [7, 11) is -3.44. The largest absolute Gasteiger partial charge is 0.510 e. The van der Waals surface area contributed by atoms with Gasteiger partial charge in [0.15, 0.2) is 9.84 Å². The second-order valence-corrected chi connectivity index (χ2v) is 8.76. The van der Waals surface area contributed by atoms with Crippen molar-refractivity contribution < 1.29 is 13.5 Å². The van der Waals surface area contributed by atoms with Crippen LogP contribution >= 0.6 is 0 Å². The molecule has 2 aliphatic rings. The number of H-pyrrole nitrogens is 1. The van der Waals surface area contributed by atoms with E-state index in [0.717, 1.165) is 25.5 Å². The normalized spacial score (nSPS) is 18.7. The van der Waals surface area contributed by atoms with Crippen molar-refractivity contribution in [3.63, 3.8) is 0 Å². The third kappa shape index (κ3) is 2.59. The van der Waals surface area contributed by atoms with Crippen LogP contribution in [0.3, 0.4) is 0 Å². The van der Waals surface area contributed by atoms with E-state index in [-0.39, 0.29) is 51.4 Å². The van der Waals surface area contributed by atoms with Crippen molar-refractivity contribution in [2.24, 2.45) is 0 Å². The second-order valence-electron chi connectivity index (χ2n) is 6.75. The molecule has 8 nitrogen and oxygen atoms in total. The zero-order chi connectivity index (χ0) is 18.6. The fraction of sp³-hybridized carbons (Fsp3) is 0.353. The van der Waals surface area contributed by atoms with Gasteiger partial charge in [0, 0.05) is 12.3 Å². The standard InChI is InChI=1S/C17H18N4O4S/c1-26(24,25)10-5-6-11-12(7-10)19-16(20-17(11)23)14-13(22)8-21(15(14)18)9-3-2-4-9/h5-7,9,18,22H,2-4,8H2,1H3,(H,19,20,23). The number of aliphatic hydroxyl groups excluding tert-OH is 1. The zero-order valence-corrected chi connectivity index (χ0v) is 14.9. The number of aromatic amines is 1. The fourth-order valence-electron chi connectivity index (χ4n) is 3.33. The molecule has 0 bridgehead atoms. The van der Waals surface area contributed by atoms with E-state index >= 15 is 0 Å². The summed E-state index contributed by atoms with van der Waals surface area (Å²) in [4.78, 5) is 21.2. The number of nitrogens with zero attached hydrogens (tertiary/aromatic N) is 2. The van der Waals surface area contributed by atoms with Gasteiger partial charge in [-0.3, -0.25) is 10.2 Å². The van der Waals surface area contributed by atoms with Crippen molar-refractivity contribution >= 4 is 32.1 Å². The van der Waals surface area contributed by atoms with Gasteiger partial charge in [-0.1, -0.05) is 0 Å². The zero-order valence-electron chi connectivity index (χ0n) is 14.1. The highest BCUT2D eigenvalue weighted by Crippen LogP contribution is 2.33.